The van der Waals surface area contributed by atoms with Crippen molar-refractivity contribution in [3.8, 4) is 5.75 Å². The molecule has 0 saturated carbocycles. The fourth-order valence-electron chi connectivity index (χ4n) is 3.74. The molecule has 4 aromatic rings. The van der Waals surface area contributed by atoms with Crippen molar-refractivity contribution in [1.29, 1.82) is 0 Å². The van der Waals surface area contributed by atoms with Crippen LogP contribution >= 0.6 is 11.8 Å². The van der Waals surface area contributed by atoms with Crippen LogP contribution in [0.15, 0.2) is 77.7 Å². The van der Waals surface area contributed by atoms with E-state index in [1.807, 2.05) is 72.8 Å². The monoisotopic (exact) mass is 426 g/mol. The second-order valence-corrected chi connectivity index (χ2v) is 8.16. The number of amides is 2. The van der Waals surface area contributed by atoms with Gasteiger partial charge in [-0.25, -0.2) is 4.98 Å². The molecule has 1 fully saturated rings. The normalized spacial score (nSPS) is 15.4. The maximum atomic E-state index is 13.1. The SMILES string of the molecule is COc1ccc(/C=C2\SC(=O)N(Cc3c4ccccc4nc4ccccc34)C2=O)cc1. The number of rotatable bonds is 4. The molecule has 2 heterocycles. The third-order valence-corrected chi connectivity index (χ3v) is 6.21. The minimum atomic E-state index is -0.282. The van der Waals surface area contributed by atoms with Crippen molar-refractivity contribution in [3.63, 3.8) is 0 Å². The van der Waals surface area contributed by atoms with E-state index in [0.29, 0.717) is 4.91 Å². The van der Waals surface area contributed by atoms with Crippen molar-refractivity contribution in [2.24, 2.45) is 0 Å². The number of thioether (sulfide) groups is 1. The van der Waals surface area contributed by atoms with Crippen molar-refractivity contribution in [3.05, 3.63) is 88.8 Å². The van der Waals surface area contributed by atoms with Gasteiger partial charge in [-0.15, -0.1) is 0 Å². The number of methoxy groups -OCH3 is 1. The summed E-state index contributed by atoms with van der Waals surface area (Å²) in [6.45, 7) is 0.203. The highest BCUT2D eigenvalue weighted by Gasteiger charge is 2.35. The number of nitrogens with zero attached hydrogens (tertiary/aromatic N) is 2. The molecule has 1 aliphatic rings. The minimum Gasteiger partial charge on any atom is -0.497 e. The minimum absolute atomic E-state index is 0.203. The molecule has 0 aliphatic carbocycles. The van der Waals surface area contributed by atoms with Crippen LogP contribution < -0.4 is 4.74 Å². The maximum Gasteiger partial charge on any atom is 0.293 e. The predicted molar refractivity (Wildman–Crippen MR) is 124 cm³/mol. The van der Waals surface area contributed by atoms with Gasteiger partial charge in [-0.1, -0.05) is 48.5 Å². The molecule has 0 bridgehead atoms. The van der Waals surface area contributed by atoms with Crippen LogP contribution in [0, 0.1) is 0 Å². The lowest BCUT2D eigenvalue weighted by Crippen LogP contribution is -2.27. The van der Waals surface area contributed by atoms with Gasteiger partial charge in [-0.2, -0.15) is 0 Å². The molecule has 0 radical (unpaired) electrons. The number of carbonyl (C=O) groups is 2. The summed E-state index contributed by atoms with van der Waals surface area (Å²) in [5.41, 5.74) is 3.45. The van der Waals surface area contributed by atoms with Gasteiger partial charge in [0, 0.05) is 10.8 Å². The Morgan fingerprint density at radius 3 is 2.13 bits per heavy atom. The third kappa shape index (κ3) is 3.55. The quantitative estimate of drug-likeness (QED) is 0.312. The molecule has 5 nitrogen and oxygen atoms in total. The van der Waals surface area contributed by atoms with Crippen LogP contribution in [0.25, 0.3) is 27.9 Å². The first-order valence-corrected chi connectivity index (χ1v) is 10.6. The Kier molecular flexibility index (Phi) is 4.92. The molecule has 31 heavy (non-hydrogen) atoms. The van der Waals surface area contributed by atoms with Gasteiger partial charge in [-0.3, -0.25) is 14.5 Å². The van der Waals surface area contributed by atoms with Gasteiger partial charge in [0.05, 0.1) is 29.6 Å². The fourth-order valence-corrected chi connectivity index (χ4v) is 4.58. The second-order valence-electron chi connectivity index (χ2n) is 7.17. The van der Waals surface area contributed by atoms with Crippen molar-refractivity contribution in [1.82, 2.24) is 9.88 Å². The molecule has 3 aromatic carbocycles. The smallest absolute Gasteiger partial charge is 0.293 e. The first-order valence-electron chi connectivity index (χ1n) is 9.80. The summed E-state index contributed by atoms with van der Waals surface area (Å²) in [4.78, 5) is 32.3. The Balaban J connectivity index is 1.52. The molecule has 152 valence electrons. The van der Waals surface area contributed by atoms with Gasteiger partial charge in [0.1, 0.15) is 5.75 Å². The number of fused-ring (bicyclic) bond motifs is 2. The van der Waals surface area contributed by atoms with Crippen LogP contribution in [0.3, 0.4) is 0 Å². The van der Waals surface area contributed by atoms with E-state index in [1.54, 1.807) is 13.2 Å². The molecule has 2 amide bonds. The van der Waals surface area contributed by atoms with Crippen molar-refractivity contribution >= 4 is 50.8 Å². The van der Waals surface area contributed by atoms with E-state index < -0.39 is 0 Å². The zero-order valence-electron chi connectivity index (χ0n) is 16.7. The van der Waals surface area contributed by atoms with Crippen LogP contribution in [-0.4, -0.2) is 28.1 Å². The van der Waals surface area contributed by atoms with Crippen LogP contribution in [0.2, 0.25) is 0 Å². The standard InChI is InChI=1S/C25H18N2O3S/c1-30-17-12-10-16(11-13-17)14-23-24(28)27(25(29)31-23)15-20-18-6-2-4-8-21(18)26-22-9-5-3-7-19(20)22/h2-14H,15H2,1H3/b23-14-. The Bertz CT molecular complexity index is 1310. The lowest BCUT2D eigenvalue weighted by atomic mass is 10.0. The van der Waals surface area contributed by atoms with E-state index >= 15 is 0 Å². The Hall–Kier alpha value is -3.64. The van der Waals surface area contributed by atoms with E-state index in [0.717, 1.165) is 50.4 Å². The number of carbonyl (C=O) groups excluding carboxylic acids is 2. The summed E-state index contributed by atoms with van der Waals surface area (Å²) in [7, 11) is 1.60. The zero-order chi connectivity index (χ0) is 21.4. The molecular formula is C25H18N2O3S. The van der Waals surface area contributed by atoms with Crippen LogP contribution in [-0.2, 0) is 11.3 Å². The first-order chi connectivity index (χ1) is 15.1. The number of imide groups is 1. The molecular weight excluding hydrogens is 408 g/mol. The van der Waals surface area contributed by atoms with Crippen molar-refractivity contribution < 1.29 is 14.3 Å². The zero-order valence-corrected chi connectivity index (χ0v) is 17.6. The molecule has 0 spiro atoms. The number of benzene rings is 3. The Morgan fingerprint density at radius 1 is 0.903 bits per heavy atom. The van der Waals surface area contributed by atoms with Crippen molar-refractivity contribution in [2.75, 3.05) is 7.11 Å². The molecule has 1 aromatic heterocycles. The van der Waals surface area contributed by atoms with Gasteiger partial charge in [-0.05, 0) is 53.2 Å². The number of aromatic nitrogens is 1. The van der Waals surface area contributed by atoms with E-state index in [2.05, 4.69) is 0 Å². The summed E-state index contributed by atoms with van der Waals surface area (Å²) >= 11 is 0.968. The number of pyridine rings is 1. The lowest BCUT2D eigenvalue weighted by molar-refractivity contribution is -0.123. The van der Waals surface area contributed by atoms with E-state index in [9.17, 15) is 9.59 Å². The molecule has 1 saturated heterocycles. The molecule has 0 unspecified atom stereocenters. The number of para-hydroxylation sites is 2. The third-order valence-electron chi connectivity index (χ3n) is 5.30. The van der Waals surface area contributed by atoms with Gasteiger partial charge >= 0.3 is 0 Å². The predicted octanol–water partition coefficient (Wildman–Crippen LogP) is 5.63. The van der Waals surface area contributed by atoms with E-state index in [-0.39, 0.29) is 17.7 Å². The fraction of sp³-hybridized carbons (Fsp3) is 0.0800. The molecule has 6 heteroatoms. The van der Waals surface area contributed by atoms with Gasteiger partial charge in [0.15, 0.2) is 0 Å². The maximum absolute atomic E-state index is 13.1. The number of hydrogen-bond donors (Lipinski definition) is 0. The number of hydrogen-bond acceptors (Lipinski definition) is 5. The average molecular weight is 426 g/mol. The Morgan fingerprint density at radius 2 is 1.52 bits per heavy atom. The summed E-state index contributed by atoms with van der Waals surface area (Å²) in [5.74, 6) is 0.456. The molecule has 5 rings (SSSR count). The van der Waals surface area contributed by atoms with Gasteiger partial charge < -0.3 is 4.74 Å². The van der Waals surface area contributed by atoms with Crippen LogP contribution in [0.4, 0.5) is 4.79 Å². The molecule has 0 atom stereocenters. The topological polar surface area (TPSA) is 59.5 Å². The summed E-state index contributed by atoms with van der Waals surface area (Å²) < 4.78 is 5.17. The van der Waals surface area contributed by atoms with Gasteiger partial charge in [0.2, 0.25) is 0 Å². The van der Waals surface area contributed by atoms with Crippen LogP contribution in [0.1, 0.15) is 11.1 Å². The highest BCUT2D eigenvalue weighted by molar-refractivity contribution is 8.18. The van der Waals surface area contributed by atoms with E-state index in [4.69, 9.17) is 9.72 Å². The Labute approximate surface area is 183 Å². The highest BCUT2D eigenvalue weighted by Crippen LogP contribution is 2.35. The average Bonchev–Trinajstić information content (AvgIpc) is 3.06. The first kappa shape index (κ1) is 19.3. The lowest BCUT2D eigenvalue weighted by Gasteiger charge is -2.16. The van der Waals surface area contributed by atoms with Crippen LogP contribution in [0.5, 0.6) is 5.75 Å². The largest absolute Gasteiger partial charge is 0.497 e. The van der Waals surface area contributed by atoms with Gasteiger partial charge in [0.25, 0.3) is 11.1 Å². The number of ether oxygens (including phenoxy) is 1. The summed E-state index contributed by atoms with van der Waals surface area (Å²) in [5, 5.41) is 1.62. The van der Waals surface area contributed by atoms with E-state index in [1.165, 1.54) is 4.90 Å². The highest BCUT2D eigenvalue weighted by atomic mass is 32.2. The molecule has 0 N–H and O–H groups in total. The summed E-state index contributed by atoms with van der Waals surface area (Å²) in [6.07, 6.45) is 1.74. The summed E-state index contributed by atoms with van der Waals surface area (Å²) in [6, 6.07) is 23.0. The second kappa shape index (κ2) is 7.89. The van der Waals surface area contributed by atoms with Crippen molar-refractivity contribution in [2.45, 2.75) is 6.54 Å². The molecule has 1 aliphatic heterocycles.